The molecule has 0 aliphatic rings. The summed E-state index contributed by atoms with van der Waals surface area (Å²) in [4.78, 5) is 23.1. The van der Waals surface area contributed by atoms with Crippen molar-refractivity contribution in [2.45, 2.75) is 4.90 Å². The number of nitrogens with one attached hydrogen (secondary N) is 1. The van der Waals surface area contributed by atoms with E-state index in [-0.39, 0.29) is 17.8 Å². The highest BCUT2D eigenvalue weighted by atomic mass is 32.5. The van der Waals surface area contributed by atoms with Crippen molar-refractivity contribution in [3.8, 4) is 11.1 Å². The minimum atomic E-state index is -9.89. The van der Waals surface area contributed by atoms with Gasteiger partial charge in [0.05, 0.1) is 11.6 Å². The molecule has 0 bridgehead atoms. The molecule has 3 N–H and O–H groups in total. The normalized spacial score (nSPS) is 14.1. The second-order valence-corrected chi connectivity index (χ2v) is 10.3. The molecule has 0 aliphatic heterocycles. The smallest absolute Gasteiger partial charge is 0.310 e. The number of carbonyl (C=O) groups is 1. The molecule has 5 aromatic rings. The fraction of sp³-hybridized carbons (Fsp3) is 0.0476. The molecule has 0 saturated carbocycles. The van der Waals surface area contributed by atoms with Crippen LogP contribution in [0.5, 0.6) is 0 Å². The number of nitrogen functional groups attached to an aromatic ring is 1. The van der Waals surface area contributed by atoms with Crippen LogP contribution in [0.1, 0.15) is 10.5 Å². The number of halogens is 5. The molecule has 0 aliphatic carbocycles. The van der Waals surface area contributed by atoms with Crippen LogP contribution in [-0.2, 0) is 7.05 Å². The number of aromatic nitrogens is 5. The highest BCUT2D eigenvalue weighted by molar-refractivity contribution is 8.45. The zero-order chi connectivity index (χ0) is 25.2. The third-order valence-electron chi connectivity index (χ3n) is 5.38. The van der Waals surface area contributed by atoms with Crippen LogP contribution in [0.15, 0.2) is 66.2 Å². The Kier molecular flexibility index (Phi) is 4.31. The van der Waals surface area contributed by atoms with Crippen molar-refractivity contribution in [2.75, 3.05) is 11.1 Å². The molecule has 35 heavy (non-hydrogen) atoms. The predicted octanol–water partition coefficient (Wildman–Crippen LogP) is 5.77. The van der Waals surface area contributed by atoms with E-state index in [4.69, 9.17) is 5.73 Å². The summed E-state index contributed by atoms with van der Waals surface area (Å²) in [5.41, 5.74) is 8.04. The molecule has 0 spiro atoms. The summed E-state index contributed by atoms with van der Waals surface area (Å²) in [6, 6.07) is 5.72. The van der Waals surface area contributed by atoms with E-state index < -0.39 is 26.7 Å². The van der Waals surface area contributed by atoms with E-state index in [1.54, 1.807) is 29.9 Å². The first kappa shape index (κ1) is 22.6. The molecule has 0 radical (unpaired) electrons. The highest BCUT2D eigenvalue weighted by Gasteiger charge is 2.65. The number of hydrogen-bond acceptors (Lipinski definition) is 5. The Bertz CT molecular complexity index is 1660. The molecule has 4 aromatic heterocycles. The first-order valence-corrected chi connectivity index (χ1v) is 11.8. The van der Waals surface area contributed by atoms with Gasteiger partial charge in [-0.3, -0.25) is 9.20 Å². The molecule has 0 fully saturated rings. The average Bonchev–Trinajstić information content (AvgIpc) is 3.34. The van der Waals surface area contributed by atoms with Crippen LogP contribution in [0.25, 0.3) is 27.8 Å². The van der Waals surface area contributed by atoms with Crippen LogP contribution in [0, 0.1) is 0 Å². The summed E-state index contributed by atoms with van der Waals surface area (Å²) in [5.74, 6) is -0.532. The average molecular weight is 509 g/mol. The van der Waals surface area contributed by atoms with E-state index >= 15 is 0 Å². The van der Waals surface area contributed by atoms with Crippen LogP contribution in [0.3, 0.4) is 0 Å². The van der Waals surface area contributed by atoms with Gasteiger partial charge in [-0.25, -0.2) is 15.0 Å². The van der Waals surface area contributed by atoms with E-state index in [0.717, 1.165) is 17.7 Å². The Morgan fingerprint density at radius 2 is 1.83 bits per heavy atom. The summed E-state index contributed by atoms with van der Waals surface area (Å²) in [5, 5.41) is 2.86. The van der Waals surface area contributed by atoms with E-state index in [1.807, 2.05) is 6.20 Å². The van der Waals surface area contributed by atoms with E-state index in [0.29, 0.717) is 28.1 Å². The van der Waals surface area contributed by atoms with Gasteiger partial charge >= 0.3 is 10.2 Å². The summed E-state index contributed by atoms with van der Waals surface area (Å²) in [6.07, 6.45) is 5.96. The van der Waals surface area contributed by atoms with Crippen molar-refractivity contribution < 1.29 is 24.2 Å². The number of nitrogens with zero attached hydrogens (tertiary/aromatic N) is 5. The maximum Gasteiger partial charge on any atom is 0.310 e. The lowest BCUT2D eigenvalue weighted by Crippen LogP contribution is -2.15. The van der Waals surface area contributed by atoms with Gasteiger partial charge in [0.1, 0.15) is 34.0 Å². The van der Waals surface area contributed by atoms with Crippen molar-refractivity contribution in [2.24, 2.45) is 7.05 Å². The zero-order valence-corrected chi connectivity index (χ0v) is 18.6. The predicted molar refractivity (Wildman–Crippen MR) is 123 cm³/mol. The maximum absolute atomic E-state index is 13.1. The number of benzene rings is 1. The monoisotopic (exact) mass is 509 g/mol. The molecule has 182 valence electrons. The van der Waals surface area contributed by atoms with Gasteiger partial charge < -0.3 is 15.6 Å². The van der Waals surface area contributed by atoms with Crippen LogP contribution in [0.2, 0.25) is 0 Å². The molecule has 4 heterocycles. The standard InChI is InChI=1S/C21H16F5N7OS/c1-32-10-15(18-19(27)29-11-30-20(18)32)12-5-6-33-16(9-28-17(33)7-12)21(34)31-13-3-2-4-14(8-13)35(22,23,24,25)26/h2-11H,1H3,(H,31,34)(H2,27,29,30). The number of amides is 1. The summed E-state index contributed by atoms with van der Waals surface area (Å²) < 4.78 is 68.7. The molecule has 8 nitrogen and oxygen atoms in total. The zero-order valence-electron chi connectivity index (χ0n) is 17.8. The Balaban J connectivity index is 1.49. The highest BCUT2D eigenvalue weighted by Crippen LogP contribution is 3.02. The minimum Gasteiger partial charge on any atom is -0.383 e. The van der Waals surface area contributed by atoms with Gasteiger partial charge in [-0.2, -0.15) is 0 Å². The van der Waals surface area contributed by atoms with Crippen molar-refractivity contribution in [1.82, 2.24) is 23.9 Å². The second-order valence-electron chi connectivity index (χ2n) is 7.85. The van der Waals surface area contributed by atoms with Crippen LogP contribution < -0.4 is 11.1 Å². The summed E-state index contributed by atoms with van der Waals surface area (Å²) in [7, 11) is -8.08. The van der Waals surface area contributed by atoms with Crippen molar-refractivity contribution in [3.63, 3.8) is 0 Å². The topological polar surface area (TPSA) is 103 Å². The Morgan fingerprint density at radius 1 is 1.06 bits per heavy atom. The number of pyridine rings is 1. The number of anilines is 2. The first-order valence-electron chi connectivity index (χ1n) is 9.90. The van der Waals surface area contributed by atoms with Gasteiger partial charge in [-0.1, -0.05) is 25.5 Å². The number of fused-ring (bicyclic) bond motifs is 2. The molecule has 5 rings (SSSR count). The Hall–Kier alpha value is -4.20. The fourth-order valence-electron chi connectivity index (χ4n) is 3.78. The lowest BCUT2D eigenvalue weighted by Gasteiger charge is -2.40. The van der Waals surface area contributed by atoms with Gasteiger partial charge in [0.2, 0.25) is 0 Å². The van der Waals surface area contributed by atoms with E-state index in [1.165, 1.54) is 16.9 Å². The molecule has 0 unspecified atom stereocenters. The lowest BCUT2D eigenvalue weighted by atomic mass is 10.1. The number of hydrogen-bond donors (Lipinski definition) is 2. The third-order valence-corrected chi connectivity index (χ3v) is 6.52. The van der Waals surface area contributed by atoms with Crippen molar-refractivity contribution in [3.05, 3.63) is 67.0 Å². The van der Waals surface area contributed by atoms with Gasteiger partial charge in [-0.15, -0.1) is 0 Å². The van der Waals surface area contributed by atoms with Crippen LogP contribution in [-0.4, -0.2) is 29.8 Å². The number of imidazole rings is 1. The largest absolute Gasteiger partial charge is 0.383 e. The Labute approximate surface area is 194 Å². The van der Waals surface area contributed by atoms with Gasteiger partial charge in [-0.05, 0) is 35.9 Å². The molecule has 1 amide bonds. The summed E-state index contributed by atoms with van der Waals surface area (Å²) >= 11 is 0. The number of rotatable bonds is 4. The molecule has 0 atom stereocenters. The first-order chi connectivity index (χ1) is 16.2. The minimum absolute atomic E-state index is 0.00920. The quantitative estimate of drug-likeness (QED) is 0.299. The molecule has 14 heteroatoms. The molecule has 1 aromatic carbocycles. The molecular weight excluding hydrogens is 493 g/mol. The number of nitrogens with two attached hydrogens (primary N) is 1. The molecular formula is C21H16F5N7OS. The maximum atomic E-state index is 13.1. The van der Waals surface area contributed by atoms with Gasteiger partial charge in [0.15, 0.2) is 0 Å². The summed E-state index contributed by atoms with van der Waals surface area (Å²) in [6.45, 7) is 0. The molecule has 0 saturated heterocycles. The number of aryl methyl sites for hydroxylation is 1. The van der Waals surface area contributed by atoms with Crippen molar-refractivity contribution in [1.29, 1.82) is 0 Å². The number of carbonyl (C=O) groups excluding carboxylic acids is 1. The Morgan fingerprint density at radius 3 is 2.57 bits per heavy atom. The lowest BCUT2D eigenvalue weighted by molar-refractivity contribution is 0.102. The van der Waals surface area contributed by atoms with Crippen LogP contribution >= 0.6 is 10.2 Å². The fourth-order valence-corrected chi connectivity index (χ4v) is 4.46. The third kappa shape index (κ3) is 4.01. The van der Waals surface area contributed by atoms with E-state index in [9.17, 15) is 24.2 Å². The second kappa shape index (κ2) is 6.69. The van der Waals surface area contributed by atoms with Crippen molar-refractivity contribution >= 4 is 44.3 Å². The van der Waals surface area contributed by atoms with Crippen LogP contribution in [0.4, 0.5) is 30.9 Å². The van der Waals surface area contributed by atoms with Gasteiger partial charge in [0, 0.05) is 30.7 Å². The van der Waals surface area contributed by atoms with E-state index in [2.05, 4.69) is 20.3 Å². The SMILES string of the molecule is Cn1cc(-c2ccn3c(C(=O)Nc4cccc(S(F)(F)(F)(F)F)c4)cnc3c2)c2c(N)ncnc21. The van der Waals surface area contributed by atoms with Gasteiger partial charge in [0.25, 0.3) is 5.91 Å².